The topological polar surface area (TPSA) is 26.3 Å². The standard InChI is InChI=1S/C13H16O2/c1-3-11(2)15-9-8-12-6-4-5-7-13(12)10-14/h4-11H,3H2,1-2H3. The Bertz CT molecular complexity index is 342. The van der Waals surface area contributed by atoms with Gasteiger partial charge < -0.3 is 4.74 Å². The van der Waals surface area contributed by atoms with Crippen LogP contribution in [0.2, 0.25) is 0 Å². The quantitative estimate of drug-likeness (QED) is 0.543. The Hall–Kier alpha value is -1.57. The minimum atomic E-state index is 0.213. The molecule has 1 aromatic carbocycles. The number of ether oxygens (including phenoxy) is 1. The zero-order chi connectivity index (χ0) is 11.1. The summed E-state index contributed by atoms with van der Waals surface area (Å²) in [5, 5.41) is 0. The van der Waals surface area contributed by atoms with Crippen molar-refractivity contribution in [1.29, 1.82) is 0 Å². The van der Waals surface area contributed by atoms with E-state index >= 15 is 0 Å². The van der Waals surface area contributed by atoms with Crippen LogP contribution < -0.4 is 0 Å². The molecule has 0 aliphatic heterocycles. The normalized spacial score (nSPS) is 12.7. The van der Waals surface area contributed by atoms with Crippen molar-refractivity contribution in [2.75, 3.05) is 0 Å². The molecule has 0 radical (unpaired) electrons. The summed E-state index contributed by atoms with van der Waals surface area (Å²) in [5.41, 5.74) is 1.57. The van der Waals surface area contributed by atoms with Gasteiger partial charge in [-0.2, -0.15) is 0 Å². The molecule has 0 saturated heterocycles. The third-order valence-corrected chi connectivity index (χ3v) is 2.26. The lowest BCUT2D eigenvalue weighted by Crippen LogP contribution is -2.00. The first-order chi connectivity index (χ1) is 7.27. The van der Waals surface area contributed by atoms with E-state index in [1.807, 2.05) is 31.2 Å². The van der Waals surface area contributed by atoms with Crippen molar-refractivity contribution in [2.45, 2.75) is 26.4 Å². The van der Waals surface area contributed by atoms with Crippen LogP contribution in [-0.4, -0.2) is 12.4 Å². The Morgan fingerprint density at radius 2 is 2.00 bits per heavy atom. The van der Waals surface area contributed by atoms with E-state index in [9.17, 15) is 4.79 Å². The molecular weight excluding hydrogens is 188 g/mol. The van der Waals surface area contributed by atoms with Gasteiger partial charge in [-0.1, -0.05) is 31.2 Å². The number of carbonyl (C=O) groups excluding carboxylic acids is 1. The van der Waals surface area contributed by atoms with Gasteiger partial charge in [0.05, 0.1) is 12.4 Å². The highest BCUT2D eigenvalue weighted by atomic mass is 16.5. The molecule has 0 aromatic heterocycles. The maximum absolute atomic E-state index is 10.7. The minimum Gasteiger partial charge on any atom is -0.498 e. The molecule has 0 spiro atoms. The third kappa shape index (κ3) is 3.58. The van der Waals surface area contributed by atoms with Gasteiger partial charge in [0.2, 0.25) is 0 Å². The average molecular weight is 204 g/mol. The van der Waals surface area contributed by atoms with Crippen LogP contribution in [0, 0.1) is 0 Å². The summed E-state index contributed by atoms with van der Waals surface area (Å²) >= 11 is 0. The van der Waals surface area contributed by atoms with E-state index in [1.54, 1.807) is 12.3 Å². The highest BCUT2D eigenvalue weighted by molar-refractivity contribution is 5.81. The second-order valence-electron chi connectivity index (χ2n) is 3.40. The molecule has 1 atom stereocenters. The van der Waals surface area contributed by atoms with Gasteiger partial charge in [-0.25, -0.2) is 0 Å². The van der Waals surface area contributed by atoms with E-state index in [1.165, 1.54) is 0 Å². The maximum atomic E-state index is 10.7. The fraction of sp³-hybridized carbons (Fsp3) is 0.308. The molecule has 1 rings (SSSR count). The number of hydrogen-bond acceptors (Lipinski definition) is 2. The molecule has 80 valence electrons. The molecule has 15 heavy (non-hydrogen) atoms. The van der Waals surface area contributed by atoms with Gasteiger partial charge in [0, 0.05) is 5.56 Å². The van der Waals surface area contributed by atoms with E-state index in [-0.39, 0.29) is 6.10 Å². The lowest BCUT2D eigenvalue weighted by Gasteiger charge is -2.07. The molecule has 0 fully saturated rings. The highest BCUT2D eigenvalue weighted by Gasteiger charge is 1.97. The highest BCUT2D eigenvalue weighted by Crippen LogP contribution is 2.09. The third-order valence-electron chi connectivity index (χ3n) is 2.26. The largest absolute Gasteiger partial charge is 0.498 e. The van der Waals surface area contributed by atoms with Crippen molar-refractivity contribution in [3.05, 3.63) is 41.7 Å². The molecule has 0 amide bonds. The van der Waals surface area contributed by atoms with Crippen molar-refractivity contribution < 1.29 is 9.53 Å². The molecule has 2 heteroatoms. The first-order valence-corrected chi connectivity index (χ1v) is 5.14. The first kappa shape index (κ1) is 11.5. The van der Waals surface area contributed by atoms with E-state index < -0.39 is 0 Å². The van der Waals surface area contributed by atoms with Crippen LogP contribution in [0.3, 0.4) is 0 Å². The summed E-state index contributed by atoms with van der Waals surface area (Å²) in [6.45, 7) is 4.08. The predicted octanol–water partition coefficient (Wildman–Crippen LogP) is 3.28. The van der Waals surface area contributed by atoms with E-state index in [0.717, 1.165) is 18.3 Å². The fourth-order valence-electron chi connectivity index (χ4n) is 1.11. The molecule has 1 unspecified atom stereocenters. The smallest absolute Gasteiger partial charge is 0.150 e. The van der Waals surface area contributed by atoms with Crippen LogP contribution >= 0.6 is 0 Å². The maximum Gasteiger partial charge on any atom is 0.150 e. The van der Waals surface area contributed by atoms with Gasteiger partial charge in [-0.05, 0) is 25.0 Å². The Morgan fingerprint density at radius 1 is 1.33 bits per heavy atom. The van der Waals surface area contributed by atoms with Crippen molar-refractivity contribution in [2.24, 2.45) is 0 Å². The summed E-state index contributed by atoms with van der Waals surface area (Å²) in [6.07, 6.45) is 5.50. The van der Waals surface area contributed by atoms with Gasteiger partial charge >= 0.3 is 0 Å². The number of aldehydes is 1. The van der Waals surface area contributed by atoms with E-state index in [4.69, 9.17) is 4.74 Å². The zero-order valence-corrected chi connectivity index (χ0v) is 9.14. The Balaban J connectivity index is 2.67. The monoisotopic (exact) mass is 204 g/mol. The second kappa shape index (κ2) is 6.02. The van der Waals surface area contributed by atoms with E-state index in [2.05, 4.69) is 6.92 Å². The molecule has 0 bridgehead atoms. The first-order valence-electron chi connectivity index (χ1n) is 5.14. The van der Waals surface area contributed by atoms with Crippen molar-refractivity contribution >= 4 is 12.4 Å². The molecule has 2 nitrogen and oxygen atoms in total. The number of hydrogen-bond donors (Lipinski definition) is 0. The second-order valence-corrected chi connectivity index (χ2v) is 3.40. The zero-order valence-electron chi connectivity index (χ0n) is 9.14. The minimum absolute atomic E-state index is 0.213. The molecule has 0 aliphatic carbocycles. The molecular formula is C13H16O2. The Morgan fingerprint density at radius 3 is 2.60 bits per heavy atom. The SMILES string of the molecule is CCC(C)OC=Cc1ccccc1C=O. The molecule has 0 aliphatic rings. The molecule has 0 heterocycles. The summed E-state index contributed by atoms with van der Waals surface area (Å²) in [6, 6.07) is 7.42. The lowest BCUT2D eigenvalue weighted by molar-refractivity contribution is 0.112. The van der Waals surface area contributed by atoms with Crippen LogP contribution in [0.25, 0.3) is 6.08 Å². The van der Waals surface area contributed by atoms with Gasteiger partial charge in [0.1, 0.15) is 0 Å². The van der Waals surface area contributed by atoms with Crippen molar-refractivity contribution in [3.63, 3.8) is 0 Å². The van der Waals surface area contributed by atoms with Crippen LogP contribution in [0.4, 0.5) is 0 Å². The Labute approximate surface area is 90.6 Å². The predicted molar refractivity (Wildman–Crippen MR) is 61.7 cm³/mol. The summed E-state index contributed by atoms with van der Waals surface area (Å²) < 4.78 is 5.40. The number of benzene rings is 1. The van der Waals surface area contributed by atoms with Crippen LogP contribution in [0.5, 0.6) is 0 Å². The summed E-state index contributed by atoms with van der Waals surface area (Å²) in [7, 11) is 0. The van der Waals surface area contributed by atoms with Gasteiger partial charge in [-0.3, -0.25) is 4.79 Å². The summed E-state index contributed by atoms with van der Waals surface area (Å²) in [5.74, 6) is 0. The van der Waals surface area contributed by atoms with Crippen LogP contribution in [-0.2, 0) is 4.74 Å². The summed E-state index contributed by atoms with van der Waals surface area (Å²) in [4.78, 5) is 10.7. The fourth-order valence-corrected chi connectivity index (χ4v) is 1.11. The van der Waals surface area contributed by atoms with Crippen molar-refractivity contribution in [1.82, 2.24) is 0 Å². The molecule has 1 aromatic rings. The number of carbonyl (C=O) groups is 1. The van der Waals surface area contributed by atoms with Gasteiger partial charge in [0.25, 0.3) is 0 Å². The Kier molecular flexibility index (Phi) is 4.61. The van der Waals surface area contributed by atoms with Crippen molar-refractivity contribution in [3.8, 4) is 0 Å². The van der Waals surface area contributed by atoms with Crippen LogP contribution in [0.15, 0.2) is 30.5 Å². The number of rotatable bonds is 5. The average Bonchev–Trinajstić information content (AvgIpc) is 2.29. The van der Waals surface area contributed by atoms with E-state index in [0.29, 0.717) is 5.56 Å². The molecule has 0 saturated carbocycles. The van der Waals surface area contributed by atoms with Crippen LogP contribution in [0.1, 0.15) is 36.2 Å². The van der Waals surface area contributed by atoms with Gasteiger partial charge in [0.15, 0.2) is 6.29 Å². The van der Waals surface area contributed by atoms with Gasteiger partial charge in [-0.15, -0.1) is 0 Å². The molecule has 0 N–H and O–H groups in total. The lowest BCUT2D eigenvalue weighted by atomic mass is 10.1.